The molecule has 0 N–H and O–H groups in total. The second kappa shape index (κ2) is 9.19. The maximum atomic E-state index is 4.76. The first-order valence-corrected chi connectivity index (χ1v) is 11.2. The highest BCUT2D eigenvalue weighted by atomic mass is 14.7. The molecule has 1 aromatic heterocycles. The van der Waals surface area contributed by atoms with Gasteiger partial charge in [-0.1, -0.05) is 52.5 Å². The second-order valence-electron chi connectivity index (χ2n) is 8.98. The minimum Gasteiger partial charge on any atom is -0.261 e. The van der Waals surface area contributed by atoms with E-state index in [0.717, 1.165) is 30.1 Å². The molecular formula is C24H39N. The van der Waals surface area contributed by atoms with Gasteiger partial charge in [-0.15, -0.1) is 0 Å². The van der Waals surface area contributed by atoms with Crippen LogP contribution in [0.5, 0.6) is 0 Å². The number of aryl methyl sites for hydroxylation is 1. The van der Waals surface area contributed by atoms with E-state index in [-0.39, 0.29) is 0 Å². The van der Waals surface area contributed by atoms with Crippen LogP contribution in [0.15, 0.2) is 18.3 Å². The van der Waals surface area contributed by atoms with Gasteiger partial charge in [0.15, 0.2) is 0 Å². The van der Waals surface area contributed by atoms with Crippen molar-refractivity contribution in [3.05, 3.63) is 29.6 Å². The van der Waals surface area contributed by atoms with E-state index in [1.54, 1.807) is 0 Å². The minimum absolute atomic E-state index is 0.632. The number of hydrogen-bond acceptors (Lipinski definition) is 1. The monoisotopic (exact) mass is 341 g/mol. The third kappa shape index (κ3) is 4.86. The molecule has 1 aromatic rings. The van der Waals surface area contributed by atoms with E-state index < -0.39 is 0 Å². The fraction of sp³-hybridized carbons (Fsp3) is 0.792. The first kappa shape index (κ1) is 18.9. The molecule has 0 bridgehead atoms. The smallest absolute Gasteiger partial charge is 0.0434 e. The Morgan fingerprint density at radius 2 is 1.56 bits per heavy atom. The Morgan fingerprint density at radius 3 is 2.08 bits per heavy atom. The van der Waals surface area contributed by atoms with Gasteiger partial charge in [0.25, 0.3) is 0 Å². The third-order valence-electron chi connectivity index (χ3n) is 7.50. The Kier molecular flexibility index (Phi) is 6.96. The minimum atomic E-state index is 0.632. The highest BCUT2D eigenvalue weighted by molar-refractivity contribution is 5.17. The van der Waals surface area contributed by atoms with Gasteiger partial charge in [0, 0.05) is 17.8 Å². The molecule has 0 aromatic carbocycles. The summed E-state index contributed by atoms with van der Waals surface area (Å²) in [7, 11) is 0. The highest BCUT2D eigenvalue weighted by Crippen LogP contribution is 2.44. The molecule has 1 heterocycles. The van der Waals surface area contributed by atoms with Crippen molar-refractivity contribution in [3.63, 3.8) is 0 Å². The van der Waals surface area contributed by atoms with Gasteiger partial charge in [0.05, 0.1) is 0 Å². The number of nitrogens with zero attached hydrogens (tertiary/aromatic N) is 1. The van der Waals surface area contributed by atoms with Gasteiger partial charge in [0.1, 0.15) is 0 Å². The van der Waals surface area contributed by atoms with Gasteiger partial charge in [-0.2, -0.15) is 0 Å². The van der Waals surface area contributed by atoms with E-state index in [1.165, 1.54) is 75.5 Å². The molecule has 2 fully saturated rings. The van der Waals surface area contributed by atoms with Gasteiger partial charge >= 0.3 is 0 Å². The number of aromatic nitrogens is 1. The zero-order valence-corrected chi connectivity index (χ0v) is 16.8. The van der Waals surface area contributed by atoms with Crippen molar-refractivity contribution in [2.45, 2.75) is 97.3 Å². The van der Waals surface area contributed by atoms with E-state index in [9.17, 15) is 0 Å². The van der Waals surface area contributed by atoms with Crippen molar-refractivity contribution >= 4 is 0 Å². The van der Waals surface area contributed by atoms with Crippen LogP contribution in [0.1, 0.15) is 102 Å². The van der Waals surface area contributed by atoms with Crippen LogP contribution in [0.3, 0.4) is 0 Å². The summed E-state index contributed by atoms with van der Waals surface area (Å²) in [6.07, 6.45) is 17.9. The zero-order valence-electron chi connectivity index (χ0n) is 16.8. The molecule has 2 saturated carbocycles. The summed E-state index contributed by atoms with van der Waals surface area (Å²) in [4.78, 5) is 4.76. The molecule has 0 amide bonds. The van der Waals surface area contributed by atoms with E-state index in [2.05, 4.69) is 39.1 Å². The van der Waals surface area contributed by atoms with Crippen LogP contribution < -0.4 is 0 Å². The molecular weight excluding hydrogens is 302 g/mol. The second-order valence-corrected chi connectivity index (χ2v) is 8.98. The average Bonchev–Trinajstić information content (AvgIpc) is 2.68. The predicted octanol–water partition coefficient (Wildman–Crippen LogP) is 7.16. The van der Waals surface area contributed by atoms with Crippen molar-refractivity contribution in [3.8, 4) is 0 Å². The summed E-state index contributed by atoms with van der Waals surface area (Å²) >= 11 is 0. The van der Waals surface area contributed by atoms with Crippen molar-refractivity contribution in [2.75, 3.05) is 0 Å². The van der Waals surface area contributed by atoms with Crippen LogP contribution in [-0.2, 0) is 6.42 Å². The average molecular weight is 342 g/mol. The number of rotatable bonds is 6. The Morgan fingerprint density at radius 1 is 0.920 bits per heavy atom. The van der Waals surface area contributed by atoms with Crippen LogP contribution in [-0.4, -0.2) is 4.98 Å². The SMILES string of the molecule is CCC[C@H]1CC[C@H](C2CCC(C(C)c3ccc(CC)cn3)CC2)CC1. The molecule has 1 atom stereocenters. The molecule has 0 radical (unpaired) electrons. The van der Waals surface area contributed by atoms with Gasteiger partial charge in [-0.3, -0.25) is 4.98 Å². The van der Waals surface area contributed by atoms with Gasteiger partial charge in [-0.05, 0) is 80.2 Å². The maximum Gasteiger partial charge on any atom is 0.0434 e. The Hall–Kier alpha value is -0.850. The van der Waals surface area contributed by atoms with Crippen LogP contribution >= 0.6 is 0 Å². The fourth-order valence-corrected chi connectivity index (χ4v) is 5.63. The molecule has 2 aliphatic rings. The lowest BCUT2D eigenvalue weighted by atomic mass is 9.67. The van der Waals surface area contributed by atoms with Crippen molar-refractivity contribution < 1.29 is 0 Å². The normalized spacial score (nSPS) is 31.6. The molecule has 0 saturated heterocycles. The summed E-state index contributed by atoms with van der Waals surface area (Å²) in [6, 6.07) is 4.56. The van der Waals surface area contributed by atoms with Crippen LogP contribution in [0.2, 0.25) is 0 Å². The van der Waals surface area contributed by atoms with E-state index in [4.69, 9.17) is 4.98 Å². The van der Waals surface area contributed by atoms with Gasteiger partial charge < -0.3 is 0 Å². The summed E-state index contributed by atoms with van der Waals surface area (Å²) in [5, 5.41) is 0. The van der Waals surface area contributed by atoms with Gasteiger partial charge in [0.2, 0.25) is 0 Å². The van der Waals surface area contributed by atoms with E-state index >= 15 is 0 Å². The molecule has 1 unspecified atom stereocenters. The van der Waals surface area contributed by atoms with Gasteiger partial charge in [-0.25, -0.2) is 0 Å². The molecule has 2 aliphatic carbocycles. The lowest BCUT2D eigenvalue weighted by Gasteiger charge is -2.39. The van der Waals surface area contributed by atoms with Crippen molar-refractivity contribution in [1.29, 1.82) is 0 Å². The topological polar surface area (TPSA) is 12.9 Å². The van der Waals surface area contributed by atoms with Crippen molar-refractivity contribution in [1.82, 2.24) is 4.98 Å². The Balaban J connectivity index is 1.46. The summed E-state index contributed by atoms with van der Waals surface area (Å²) < 4.78 is 0. The summed E-state index contributed by atoms with van der Waals surface area (Å²) in [5.74, 6) is 4.61. The largest absolute Gasteiger partial charge is 0.261 e. The fourth-order valence-electron chi connectivity index (χ4n) is 5.63. The lowest BCUT2D eigenvalue weighted by Crippen LogP contribution is -2.27. The Labute approximate surface area is 156 Å². The molecule has 1 nitrogen and oxygen atoms in total. The molecule has 0 aliphatic heterocycles. The Bertz CT molecular complexity index is 489. The molecule has 25 heavy (non-hydrogen) atoms. The first-order valence-electron chi connectivity index (χ1n) is 11.2. The molecule has 140 valence electrons. The quantitative estimate of drug-likeness (QED) is 0.535. The van der Waals surface area contributed by atoms with E-state index in [1.807, 2.05) is 0 Å². The zero-order chi connectivity index (χ0) is 17.6. The molecule has 1 heteroatoms. The molecule has 0 spiro atoms. The summed E-state index contributed by atoms with van der Waals surface area (Å²) in [5.41, 5.74) is 2.68. The van der Waals surface area contributed by atoms with Crippen LogP contribution in [0.4, 0.5) is 0 Å². The first-order chi connectivity index (χ1) is 12.2. The van der Waals surface area contributed by atoms with Crippen LogP contribution in [0.25, 0.3) is 0 Å². The third-order valence-corrected chi connectivity index (χ3v) is 7.50. The number of hydrogen-bond donors (Lipinski definition) is 0. The highest BCUT2D eigenvalue weighted by Gasteiger charge is 2.32. The summed E-state index contributed by atoms with van der Waals surface area (Å²) in [6.45, 7) is 6.96. The maximum absolute atomic E-state index is 4.76. The molecule has 3 rings (SSSR count). The predicted molar refractivity (Wildman–Crippen MR) is 108 cm³/mol. The number of pyridine rings is 1. The van der Waals surface area contributed by atoms with Crippen molar-refractivity contribution in [2.24, 2.45) is 23.7 Å². The lowest BCUT2D eigenvalue weighted by molar-refractivity contribution is 0.136. The van der Waals surface area contributed by atoms with E-state index in [0.29, 0.717) is 5.92 Å². The van der Waals surface area contributed by atoms with Crippen LogP contribution in [0, 0.1) is 23.7 Å². The standard InChI is InChI=1S/C24H39N/c1-4-6-20-7-10-22(11-8-20)23-14-12-21(13-15-23)18(3)24-16-9-19(5-2)17-25-24/h9,16-18,20-23H,4-8,10-15H2,1-3H3/t18?,20-,21?,22-,23?.